The van der Waals surface area contributed by atoms with Gasteiger partial charge in [0.15, 0.2) is 0 Å². The van der Waals surface area contributed by atoms with E-state index in [4.69, 9.17) is 22.1 Å². The second-order valence-corrected chi connectivity index (χ2v) is 3.81. The Balaban J connectivity index is 2.53. The molecule has 1 aliphatic rings. The molecule has 0 saturated carbocycles. The maximum Gasteiger partial charge on any atom is 0.142 e. The summed E-state index contributed by atoms with van der Waals surface area (Å²) in [5.41, 5.74) is 6.55. The van der Waals surface area contributed by atoms with Crippen molar-refractivity contribution in [3.8, 4) is 5.75 Å². The average molecular weight is 216 g/mol. The first kappa shape index (κ1) is 9.74. The lowest BCUT2D eigenvalue weighted by atomic mass is 10.0. The van der Waals surface area contributed by atoms with E-state index in [0.717, 1.165) is 12.8 Å². The van der Waals surface area contributed by atoms with E-state index >= 15 is 0 Å². The standard InChI is InChI=1S/C10H11ClFNO/c11-8-5-6(12)4-7-9(13)2-1-3-14-10(7)8/h4-5,9H,1-3,13H2/t9-/m1/s1. The number of rotatable bonds is 0. The topological polar surface area (TPSA) is 35.2 Å². The third-order valence-electron chi connectivity index (χ3n) is 2.34. The van der Waals surface area contributed by atoms with Crippen LogP contribution in [-0.2, 0) is 0 Å². The van der Waals surface area contributed by atoms with Crippen LogP contribution in [0.25, 0.3) is 0 Å². The summed E-state index contributed by atoms with van der Waals surface area (Å²) in [5, 5.41) is 0.303. The predicted molar refractivity (Wildman–Crippen MR) is 53.1 cm³/mol. The lowest BCUT2D eigenvalue weighted by Crippen LogP contribution is -2.09. The zero-order chi connectivity index (χ0) is 10.1. The van der Waals surface area contributed by atoms with Gasteiger partial charge in [-0.1, -0.05) is 11.6 Å². The molecule has 0 aliphatic carbocycles. The van der Waals surface area contributed by atoms with E-state index < -0.39 is 0 Å². The van der Waals surface area contributed by atoms with Crippen molar-refractivity contribution < 1.29 is 9.13 Å². The summed E-state index contributed by atoms with van der Waals surface area (Å²) in [6.07, 6.45) is 1.67. The molecule has 2 rings (SSSR count). The fourth-order valence-electron chi connectivity index (χ4n) is 1.64. The normalized spacial score (nSPS) is 20.9. The van der Waals surface area contributed by atoms with Crippen LogP contribution >= 0.6 is 11.6 Å². The SMILES string of the molecule is N[C@@H]1CCCOc2c(Cl)cc(F)cc21. The number of halogens is 2. The van der Waals surface area contributed by atoms with E-state index in [9.17, 15) is 4.39 Å². The van der Waals surface area contributed by atoms with E-state index in [1.54, 1.807) is 0 Å². The molecule has 14 heavy (non-hydrogen) atoms. The van der Waals surface area contributed by atoms with Gasteiger partial charge in [-0.2, -0.15) is 0 Å². The summed E-state index contributed by atoms with van der Waals surface area (Å²) < 4.78 is 18.5. The van der Waals surface area contributed by atoms with Crippen molar-refractivity contribution in [1.82, 2.24) is 0 Å². The molecule has 0 aromatic heterocycles. The van der Waals surface area contributed by atoms with Crippen LogP contribution in [0.15, 0.2) is 12.1 Å². The highest BCUT2D eigenvalue weighted by Crippen LogP contribution is 2.36. The van der Waals surface area contributed by atoms with E-state index in [-0.39, 0.29) is 11.9 Å². The molecule has 0 fully saturated rings. The number of hydrogen-bond donors (Lipinski definition) is 1. The molecule has 1 aromatic rings. The minimum atomic E-state index is -0.366. The molecule has 1 atom stereocenters. The van der Waals surface area contributed by atoms with Gasteiger partial charge in [-0.05, 0) is 25.0 Å². The molecule has 0 unspecified atom stereocenters. The molecule has 1 aliphatic heterocycles. The lowest BCUT2D eigenvalue weighted by molar-refractivity contribution is 0.316. The smallest absolute Gasteiger partial charge is 0.142 e. The molecular formula is C10H11ClFNO. The molecule has 0 saturated heterocycles. The van der Waals surface area contributed by atoms with Gasteiger partial charge in [0.2, 0.25) is 0 Å². The molecule has 0 spiro atoms. The summed E-state index contributed by atoms with van der Waals surface area (Å²) in [6.45, 7) is 0.589. The zero-order valence-corrected chi connectivity index (χ0v) is 8.35. The van der Waals surface area contributed by atoms with Crippen molar-refractivity contribution in [1.29, 1.82) is 0 Å². The van der Waals surface area contributed by atoms with Crippen LogP contribution in [0.5, 0.6) is 5.75 Å². The largest absolute Gasteiger partial charge is 0.492 e. The minimum absolute atomic E-state index is 0.180. The highest BCUT2D eigenvalue weighted by molar-refractivity contribution is 6.32. The van der Waals surface area contributed by atoms with Gasteiger partial charge in [0.05, 0.1) is 11.6 Å². The molecule has 2 nitrogen and oxygen atoms in total. The zero-order valence-electron chi connectivity index (χ0n) is 7.59. The van der Waals surface area contributed by atoms with Crippen LogP contribution in [0, 0.1) is 5.82 Å². The Bertz CT molecular complexity index is 356. The predicted octanol–water partition coefficient (Wildman–Crippen LogP) is 2.65. The molecule has 0 bridgehead atoms. The van der Waals surface area contributed by atoms with E-state index in [1.165, 1.54) is 12.1 Å². The molecule has 76 valence electrons. The van der Waals surface area contributed by atoms with Gasteiger partial charge in [0.1, 0.15) is 11.6 Å². The van der Waals surface area contributed by atoms with Gasteiger partial charge >= 0.3 is 0 Å². The van der Waals surface area contributed by atoms with Crippen molar-refractivity contribution in [2.24, 2.45) is 5.73 Å². The van der Waals surface area contributed by atoms with Crippen LogP contribution in [-0.4, -0.2) is 6.61 Å². The Hall–Kier alpha value is -0.800. The summed E-state index contributed by atoms with van der Waals surface area (Å²) >= 11 is 5.86. The van der Waals surface area contributed by atoms with E-state index in [2.05, 4.69) is 0 Å². The molecule has 1 heterocycles. The van der Waals surface area contributed by atoms with Gasteiger partial charge in [0, 0.05) is 11.6 Å². The fourth-order valence-corrected chi connectivity index (χ4v) is 1.91. The van der Waals surface area contributed by atoms with Crippen molar-refractivity contribution in [2.75, 3.05) is 6.61 Å². The summed E-state index contributed by atoms with van der Waals surface area (Å²) in [6, 6.07) is 2.47. The van der Waals surface area contributed by atoms with Crippen molar-refractivity contribution in [3.63, 3.8) is 0 Å². The lowest BCUT2D eigenvalue weighted by Gasteiger charge is -2.12. The minimum Gasteiger partial charge on any atom is -0.492 e. The number of fused-ring (bicyclic) bond motifs is 1. The first-order chi connectivity index (χ1) is 6.68. The summed E-state index contributed by atoms with van der Waals surface area (Å²) in [4.78, 5) is 0. The Morgan fingerprint density at radius 2 is 2.29 bits per heavy atom. The first-order valence-electron chi connectivity index (χ1n) is 4.56. The van der Waals surface area contributed by atoms with Crippen LogP contribution in [0.2, 0.25) is 5.02 Å². The second-order valence-electron chi connectivity index (χ2n) is 3.40. The van der Waals surface area contributed by atoms with Gasteiger partial charge < -0.3 is 10.5 Å². The van der Waals surface area contributed by atoms with Gasteiger partial charge in [0.25, 0.3) is 0 Å². The van der Waals surface area contributed by atoms with Gasteiger partial charge in [-0.25, -0.2) is 4.39 Å². The Morgan fingerprint density at radius 3 is 3.07 bits per heavy atom. The third kappa shape index (κ3) is 1.70. The maximum atomic E-state index is 13.1. The van der Waals surface area contributed by atoms with Crippen LogP contribution in [0.4, 0.5) is 4.39 Å². The average Bonchev–Trinajstić information content (AvgIpc) is 2.29. The second kappa shape index (κ2) is 3.75. The molecule has 4 heteroatoms. The Kier molecular flexibility index (Phi) is 2.61. The maximum absolute atomic E-state index is 13.1. The van der Waals surface area contributed by atoms with E-state index in [1.807, 2.05) is 0 Å². The number of benzene rings is 1. The molecule has 0 radical (unpaired) electrons. The van der Waals surface area contributed by atoms with Gasteiger partial charge in [-0.15, -0.1) is 0 Å². The van der Waals surface area contributed by atoms with Gasteiger partial charge in [-0.3, -0.25) is 0 Å². The Morgan fingerprint density at radius 1 is 1.50 bits per heavy atom. The third-order valence-corrected chi connectivity index (χ3v) is 2.62. The van der Waals surface area contributed by atoms with Crippen LogP contribution < -0.4 is 10.5 Å². The molecule has 1 aromatic carbocycles. The van der Waals surface area contributed by atoms with E-state index in [0.29, 0.717) is 22.9 Å². The monoisotopic (exact) mass is 215 g/mol. The number of hydrogen-bond acceptors (Lipinski definition) is 2. The van der Waals surface area contributed by atoms with Crippen LogP contribution in [0.3, 0.4) is 0 Å². The van der Waals surface area contributed by atoms with Crippen molar-refractivity contribution in [2.45, 2.75) is 18.9 Å². The number of nitrogens with two attached hydrogens (primary N) is 1. The summed E-state index contributed by atoms with van der Waals surface area (Å²) in [5.74, 6) is 0.174. The van der Waals surface area contributed by atoms with Crippen molar-refractivity contribution in [3.05, 3.63) is 28.5 Å². The number of ether oxygens (including phenoxy) is 1. The fraction of sp³-hybridized carbons (Fsp3) is 0.400. The molecule has 0 amide bonds. The van der Waals surface area contributed by atoms with Crippen molar-refractivity contribution >= 4 is 11.6 Å². The summed E-state index contributed by atoms with van der Waals surface area (Å²) in [7, 11) is 0. The van der Waals surface area contributed by atoms with Crippen LogP contribution in [0.1, 0.15) is 24.4 Å². The first-order valence-corrected chi connectivity index (χ1v) is 4.93. The molecule has 2 N–H and O–H groups in total. The molecular weight excluding hydrogens is 205 g/mol. The highest BCUT2D eigenvalue weighted by Gasteiger charge is 2.19. The Labute approximate surface area is 86.8 Å². The quantitative estimate of drug-likeness (QED) is 0.722. The highest BCUT2D eigenvalue weighted by atomic mass is 35.5.